The standard InChI is InChI=1S/C27H38O2/c1-6-19-14-23(15-20(7-2)25(19)28)27(13-11-10-12-18(27)5)24-16-21(8-3)26(29)22(9-4)17-24/h14-18,28-29H,6-13H2,1-5H3. The lowest BCUT2D eigenvalue weighted by Crippen LogP contribution is -2.38. The van der Waals surface area contributed by atoms with Crippen LogP contribution in [-0.2, 0) is 31.1 Å². The predicted molar refractivity (Wildman–Crippen MR) is 122 cm³/mol. The Hall–Kier alpha value is -1.96. The molecule has 0 spiro atoms. The molecule has 1 saturated carbocycles. The molecule has 158 valence electrons. The van der Waals surface area contributed by atoms with Gasteiger partial charge in [-0.05, 0) is 77.8 Å². The van der Waals surface area contributed by atoms with E-state index in [1.807, 2.05) is 0 Å². The largest absolute Gasteiger partial charge is 0.507 e. The van der Waals surface area contributed by atoms with Crippen LogP contribution in [0.5, 0.6) is 11.5 Å². The van der Waals surface area contributed by atoms with E-state index in [4.69, 9.17) is 0 Å². The predicted octanol–water partition coefficient (Wildman–Crippen LogP) is 6.84. The molecule has 1 aliphatic carbocycles. The molecule has 1 atom stereocenters. The number of rotatable bonds is 6. The van der Waals surface area contributed by atoms with Gasteiger partial charge in [0.25, 0.3) is 0 Å². The van der Waals surface area contributed by atoms with Crippen LogP contribution in [0.25, 0.3) is 0 Å². The molecule has 1 unspecified atom stereocenters. The van der Waals surface area contributed by atoms with Crippen molar-refractivity contribution in [2.24, 2.45) is 5.92 Å². The molecule has 0 radical (unpaired) electrons. The average Bonchev–Trinajstić information content (AvgIpc) is 2.74. The summed E-state index contributed by atoms with van der Waals surface area (Å²) in [6.45, 7) is 10.9. The van der Waals surface area contributed by atoms with Crippen LogP contribution in [0.15, 0.2) is 24.3 Å². The van der Waals surface area contributed by atoms with Crippen LogP contribution >= 0.6 is 0 Å². The summed E-state index contributed by atoms with van der Waals surface area (Å²) in [5.41, 5.74) is 6.88. The first-order chi connectivity index (χ1) is 13.9. The Bertz CT molecular complexity index is 753. The van der Waals surface area contributed by atoms with Crippen molar-refractivity contribution in [1.29, 1.82) is 0 Å². The molecule has 2 aromatic carbocycles. The highest BCUT2D eigenvalue weighted by molar-refractivity contribution is 5.54. The summed E-state index contributed by atoms with van der Waals surface area (Å²) in [6, 6.07) is 9.06. The van der Waals surface area contributed by atoms with E-state index < -0.39 is 0 Å². The molecule has 1 fully saturated rings. The number of aromatic hydroxyl groups is 2. The maximum Gasteiger partial charge on any atom is 0.121 e. The van der Waals surface area contributed by atoms with Crippen molar-refractivity contribution in [3.8, 4) is 11.5 Å². The molecule has 2 N–H and O–H groups in total. The van der Waals surface area contributed by atoms with Crippen molar-refractivity contribution in [2.75, 3.05) is 0 Å². The van der Waals surface area contributed by atoms with Gasteiger partial charge < -0.3 is 10.2 Å². The van der Waals surface area contributed by atoms with Gasteiger partial charge in [0.2, 0.25) is 0 Å². The van der Waals surface area contributed by atoms with Crippen LogP contribution in [0, 0.1) is 5.92 Å². The summed E-state index contributed by atoms with van der Waals surface area (Å²) < 4.78 is 0. The molecule has 0 bridgehead atoms. The highest BCUT2D eigenvalue weighted by Crippen LogP contribution is 2.51. The first-order valence-electron chi connectivity index (χ1n) is 11.6. The molecular formula is C27H38O2. The minimum Gasteiger partial charge on any atom is -0.507 e. The summed E-state index contributed by atoms with van der Waals surface area (Å²) in [4.78, 5) is 0. The third kappa shape index (κ3) is 3.67. The zero-order chi connectivity index (χ0) is 21.2. The van der Waals surface area contributed by atoms with E-state index in [1.165, 1.54) is 30.4 Å². The van der Waals surface area contributed by atoms with Gasteiger partial charge in [-0.2, -0.15) is 0 Å². The van der Waals surface area contributed by atoms with Gasteiger partial charge in [-0.1, -0.05) is 71.7 Å². The van der Waals surface area contributed by atoms with Gasteiger partial charge >= 0.3 is 0 Å². The van der Waals surface area contributed by atoms with Crippen LogP contribution in [-0.4, -0.2) is 10.2 Å². The summed E-state index contributed by atoms with van der Waals surface area (Å²) in [6.07, 6.45) is 8.20. The van der Waals surface area contributed by atoms with Crippen molar-refractivity contribution in [3.05, 3.63) is 57.6 Å². The van der Waals surface area contributed by atoms with E-state index in [1.54, 1.807) is 0 Å². The molecule has 3 rings (SSSR count). The lowest BCUT2D eigenvalue weighted by molar-refractivity contribution is 0.243. The Labute approximate surface area is 177 Å². The molecule has 0 heterocycles. The van der Waals surface area contributed by atoms with Crippen molar-refractivity contribution in [1.82, 2.24) is 0 Å². The van der Waals surface area contributed by atoms with Crippen LogP contribution in [0.3, 0.4) is 0 Å². The van der Waals surface area contributed by atoms with Crippen molar-refractivity contribution < 1.29 is 10.2 Å². The molecule has 0 aliphatic heterocycles. The van der Waals surface area contributed by atoms with E-state index in [9.17, 15) is 10.2 Å². The van der Waals surface area contributed by atoms with Gasteiger partial charge in [0.05, 0.1) is 0 Å². The van der Waals surface area contributed by atoms with E-state index in [0.717, 1.165) is 54.4 Å². The molecule has 0 amide bonds. The van der Waals surface area contributed by atoms with Crippen molar-refractivity contribution in [2.45, 2.75) is 91.4 Å². The lowest BCUT2D eigenvalue weighted by Gasteiger charge is -2.45. The summed E-state index contributed by atoms with van der Waals surface area (Å²) >= 11 is 0. The summed E-state index contributed by atoms with van der Waals surface area (Å²) in [7, 11) is 0. The number of aryl methyl sites for hydroxylation is 4. The quantitative estimate of drug-likeness (QED) is 0.563. The lowest BCUT2D eigenvalue weighted by atomic mass is 9.59. The second kappa shape index (κ2) is 8.81. The van der Waals surface area contributed by atoms with Crippen LogP contribution in [0.4, 0.5) is 0 Å². The van der Waals surface area contributed by atoms with Crippen LogP contribution in [0.1, 0.15) is 93.7 Å². The SMILES string of the molecule is CCc1cc(C2(c3cc(CC)c(O)c(CC)c3)CCCCC2C)cc(CC)c1O. The zero-order valence-electron chi connectivity index (χ0n) is 18.9. The molecule has 2 nitrogen and oxygen atoms in total. The molecule has 29 heavy (non-hydrogen) atoms. The number of hydrogen-bond donors (Lipinski definition) is 2. The van der Waals surface area contributed by atoms with Gasteiger partial charge in [0.1, 0.15) is 11.5 Å². The van der Waals surface area contributed by atoms with E-state index in [2.05, 4.69) is 58.9 Å². The summed E-state index contributed by atoms with van der Waals surface area (Å²) in [5.74, 6) is 1.48. The monoisotopic (exact) mass is 394 g/mol. The molecule has 0 saturated heterocycles. The normalized spacial score (nSPS) is 18.7. The Morgan fingerprint density at radius 2 is 1.10 bits per heavy atom. The molecular weight excluding hydrogens is 356 g/mol. The topological polar surface area (TPSA) is 40.5 Å². The van der Waals surface area contributed by atoms with Gasteiger partial charge in [-0.25, -0.2) is 0 Å². The van der Waals surface area contributed by atoms with Gasteiger partial charge in [0, 0.05) is 5.41 Å². The minimum absolute atomic E-state index is 0.0542. The van der Waals surface area contributed by atoms with E-state index in [-0.39, 0.29) is 5.41 Å². The Morgan fingerprint density at radius 1 is 0.724 bits per heavy atom. The number of hydrogen-bond acceptors (Lipinski definition) is 2. The van der Waals surface area contributed by atoms with Crippen LogP contribution < -0.4 is 0 Å². The maximum atomic E-state index is 10.7. The van der Waals surface area contributed by atoms with Crippen molar-refractivity contribution in [3.63, 3.8) is 0 Å². The molecule has 2 aromatic rings. The number of benzene rings is 2. The highest BCUT2D eigenvalue weighted by atomic mass is 16.3. The minimum atomic E-state index is -0.0542. The number of phenols is 2. The average molecular weight is 395 g/mol. The van der Waals surface area contributed by atoms with Crippen LogP contribution in [0.2, 0.25) is 0 Å². The second-order valence-electron chi connectivity index (χ2n) is 8.82. The van der Waals surface area contributed by atoms with Gasteiger partial charge in [-0.3, -0.25) is 0 Å². The Morgan fingerprint density at radius 3 is 1.41 bits per heavy atom. The fourth-order valence-electron chi connectivity index (χ4n) is 5.48. The summed E-state index contributed by atoms with van der Waals surface area (Å²) in [5, 5.41) is 21.4. The maximum absolute atomic E-state index is 10.7. The smallest absolute Gasteiger partial charge is 0.121 e. The third-order valence-electron chi connectivity index (χ3n) is 7.39. The third-order valence-corrected chi connectivity index (χ3v) is 7.39. The molecule has 0 aromatic heterocycles. The second-order valence-corrected chi connectivity index (χ2v) is 8.82. The Kier molecular flexibility index (Phi) is 6.61. The van der Waals surface area contributed by atoms with Gasteiger partial charge in [0.15, 0.2) is 0 Å². The first kappa shape index (κ1) is 21.7. The van der Waals surface area contributed by atoms with E-state index >= 15 is 0 Å². The molecule has 1 aliphatic rings. The number of phenolic OH excluding ortho intramolecular Hbond substituents is 2. The zero-order valence-corrected chi connectivity index (χ0v) is 18.9. The fourth-order valence-corrected chi connectivity index (χ4v) is 5.48. The van der Waals surface area contributed by atoms with Crippen molar-refractivity contribution >= 4 is 0 Å². The highest BCUT2D eigenvalue weighted by Gasteiger charge is 2.42. The fraction of sp³-hybridized carbons (Fsp3) is 0.556. The molecule has 2 heteroatoms. The van der Waals surface area contributed by atoms with E-state index in [0.29, 0.717) is 17.4 Å². The van der Waals surface area contributed by atoms with Gasteiger partial charge in [-0.15, -0.1) is 0 Å². The Balaban J connectivity index is 2.32. The first-order valence-corrected chi connectivity index (χ1v) is 11.6.